The highest BCUT2D eigenvalue weighted by Gasteiger charge is 2.03. The number of aromatic nitrogens is 1. The normalized spacial score (nSPS) is 11.4. The summed E-state index contributed by atoms with van der Waals surface area (Å²) >= 11 is 5.89. The van der Waals surface area contributed by atoms with Crippen LogP contribution in [0.3, 0.4) is 0 Å². The van der Waals surface area contributed by atoms with Crippen LogP contribution >= 0.6 is 11.6 Å². The highest BCUT2D eigenvalue weighted by molar-refractivity contribution is 6.31. The van der Waals surface area contributed by atoms with E-state index in [0.29, 0.717) is 5.92 Å². The summed E-state index contributed by atoms with van der Waals surface area (Å²) in [6.07, 6.45) is 0. The number of H-pyrrole nitrogens is 1. The lowest BCUT2D eigenvalue weighted by molar-refractivity contribution is 0.836. The van der Waals surface area contributed by atoms with Gasteiger partial charge in [0.2, 0.25) is 0 Å². The van der Waals surface area contributed by atoms with Crippen molar-refractivity contribution in [3.05, 3.63) is 35.0 Å². The van der Waals surface area contributed by atoms with Gasteiger partial charge in [-0.2, -0.15) is 0 Å². The standard InChI is InChI=1S/C11H12ClN/c1-7(2)10-5-8-3-4-9(12)6-11(8)13-10/h3-7,13H,1-2H3. The Kier molecular flexibility index (Phi) is 2.04. The lowest BCUT2D eigenvalue weighted by atomic mass is 10.1. The Morgan fingerprint density at radius 2 is 2.00 bits per heavy atom. The molecular weight excluding hydrogens is 182 g/mol. The van der Waals surface area contributed by atoms with Gasteiger partial charge in [0.15, 0.2) is 0 Å². The summed E-state index contributed by atoms with van der Waals surface area (Å²) in [6, 6.07) is 8.10. The molecule has 0 aliphatic heterocycles. The molecule has 2 heteroatoms. The molecule has 68 valence electrons. The summed E-state index contributed by atoms with van der Waals surface area (Å²) in [5.74, 6) is 0.533. The van der Waals surface area contributed by atoms with E-state index in [1.165, 1.54) is 11.1 Å². The van der Waals surface area contributed by atoms with E-state index in [4.69, 9.17) is 11.6 Å². The molecule has 1 heterocycles. The van der Waals surface area contributed by atoms with Gasteiger partial charge in [-0.15, -0.1) is 0 Å². The van der Waals surface area contributed by atoms with Crippen molar-refractivity contribution < 1.29 is 0 Å². The lowest BCUT2D eigenvalue weighted by Crippen LogP contribution is -1.84. The van der Waals surface area contributed by atoms with Crippen molar-refractivity contribution >= 4 is 22.5 Å². The number of benzene rings is 1. The maximum Gasteiger partial charge on any atom is 0.0471 e. The lowest BCUT2D eigenvalue weighted by Gasteiger charge is -1.97. The topological polar surface area (TPSA) is 15.8 Å². The zero-order chi connectivity index (χ0) is 9.42. The number of hydrogen-bond acceptors (Lipinski definition) is 0. The second kappa shape index (κ2) is 3.08. The highest BCUT2D eigenvalue weighted by Crippen LogP contribution is 2.23. The van der Waals surface area contributed by atoms with Crippen molar-refractivity contribution in [1.29, 1.82) is 0 Å². The monoisotopic (exact) mass is 193 g/mol. The average Bonchev–Trinajstić information content (AvgIpc) is 2.46. The summed E-state index contributed by atoms with van der Waals surface area (Å²) in [5, 5.41) is 2.01. The van der Waals surface area contributed by atoms with Crippen molar-refractivity contribution in [2.24, 2.45) is 0 Å². The van der Waals surface area contributed by atoms with Crippen LogP contribution in [-0.2, 0) is 0 Å². The first-order valence-corrected chi connectivity index (χ1v) is 4.83. The zero-order valence-electron chi connectivity index (χ0n) is 7.76. The predicted octanol–water partition coefficient (Wildman–Crippen LogP) is 3.94. The van der Waals surface area contributed by atoms with Gasteiger partial charge < -0.3 is 4.98 Å². The molecule has 0 bridgehead atoms. The van der Waals surface area contributed by atoms with Gasteiger partial charge in [0.25, 0.3) is 0 Å². The van der Waals surface area contributed by atoms with E-state index in [1.807, 2.05) is 18.2 Å². The van der Waals surface area contributed by atoms with Gasteiger partial charge >= 0.3 is 0 Å². The van der Waals surface area contributed by atoms with Crippen LogP contribution in [0.2, 0.25) is 5.02 Å². The molecule has 1 aromatic heterocycles. The van der Waals surface area contributed by atoms with Crippen LogP contribution in [-0.4, -0.2) is 4.98 Å². The fourth-order valence-electron chi connectivity index (χ4n) is 1.43. The van der Waals surface area contributed by atoms with Gasteiger partial charge in [-0.05, 0) is 29.5 Å². The van der Waals surface area contributed by atoms with Crippen molar-refractivity contribution in [3.63, 3.8) is 0 Å². The summed E-state index contributed by atoms with van der Waals surface area (Å²) in [4.78, 5) is 3.35. The minimum Gasteiger partial charge on any atom is -0.358 e. The summed E-state index contributed by atoms with van der Waals surface area (Å²) in [7, 11) is 0. The smallest absolute Gasteiger partial charge is 0.0471 e. The van der Waals surface area contributed by atoms with Crippen molar-refractivity contribution in [2.75, 3.05) is 0 Å². The van der Waals surface area contributed by atoms with Crippen LogP contribution in [0.1, 0.15) is 25.5 Å². The fourth-order valence-corrected chi connectivity index (χ4v) is 1.60. The molecule has 0 aliphatic rings. The molecule has 0 atom stereocenters. The molecule has 1 aromatic carbocycles. The molecule has 0 aliphatic carbocycles. The van der Waals surface area contributed by atoms with Crippen molar-refractivity contribution in [3.8, 4) is 0 Å². The van der Waals surface area contributed by atoms with Gasteiger partial charge in [-0.25, -0.2) is 0 Å². The van der Waals surface area contributed by atoms with E-state index >= 15 is 0 Å². The van der Waals surface area contributed by atoms with Gasteiger partial charge in [0.05, 0.1) is 0 Å². The van der Waals surface area contributed by atoms with Gasteiger partial charge in [0, 0.05) is 16.2 Å². The maximum absolute atomic E-state index is 5.89. The molecule has 0 radical (unpaired) electrons. The third-order valence-electron chi connectivity index (χ3n) is 2.23. The van der Waals surface area contributed by atoms with Crippen LogP contribution in [0.15, 0.2) is 24.3 Å². The number of halogens is 1. The third-order valence-corrected chi connectivity index (χ3v) is 2.46. The number of rotatable bonds is 1. The highest BCUT2D eigenvalue weighted by atomic mass is 35.5. The Balaban J connectivity index is 2.62. The molecule has 0 fully saturated rings. The molecule has 0 saturated heterocycles. The molecule has 13 heavy (non-hydrogen) atoms. The SMILES string of the molecule is CC(C)c1cc2ccc(Cl)cc2[nH]1. The number of fused-ring (bicyclic) bond motifs is 1. The van der Waals surface area contributed by atoms with Crippen molar-refractivity contribution in [2.45, 2.75) is 19.8 Å². The summed E-state index contributed by atoms with van der Waals surface area (Å²) < 4.78 is 0. The first-order valence-electron chi connectivity index (χ1n) is 4.45. The molecule has 0 amide bonds. The Labute approximate surface area is 82.7 Å². The Morgan fingerprint density at radius 1 is 1.23 bits per heavy atom. The second-order valence-electron chi connectivity index (χ2n) is 3.61. The molecule has 2 aromatic rings. The Hall–Kier alpha value is -0.950. The van der Waals surface area contributed by atoms with Crippen molar-refractivity contribution in [1.82, 2.24) is 4.98 Å². The summed E-state index contributed by atoms with van der Waals surface area (Å²) in [6.45, 7) is 4.35. The minimum absolute atomic E-state index is 0.533. The van der Waals surface area contributed by atoms with E-state index in [9.17, 15) is 0 Å². The first-order chi connectivity index (χ1) is 6.16. The van der Waals surface area contributed by atoms with Gasteiger partial charge in [-0.3, -0.25) is 0 Å². The molecule has 0 saturated carbocycles. The fraction of sp³-hybridized carbons (Fsp3) is 0.273. The van der Waals surface area contributed by atoms with Crippen LogP contribution in [0.25, 0.3) is 10.9 Å². The van der Waals surface area contributed by atoms with Crippen LogP contribution < -0.4 is 0 Å². The quantitative estimate of drug-likeness (QED) is 0.706. The van der Waals surface area contributed by atoms with Gasteiger partial charge in [0.1, 0.15) is 0 Å². The zero-order valence-corrected chi connectivity index (χ0v) is 8.52. The van der Waals surface area contributed by atoms with E-state index in [0.717, 1.165) is 10.5 Å². The van der Waals surface area contributed by atoms with Crippen LogP contribution in [0.5, 0.6) is 0 Å². The molecule has 2 rings (SSSR count). The number of nitrogens with one attached hydrogen (secondary N) is 1. The van der Waals surface area contributed by atoms with Crippen LogP contribution in [0, 0.1) is 0 Å². The first kappa shape index (κ1) is 8.64. The maximum atomic E-state index is 5.89. The third kappa shape index (κ3) is 1.56. The van der Waals surface area contributed by atoms with Gasteiger partial charge in [-0.1, -0.05) is 31.5 Å². The minimum atomic E-state index is 0.533. The molecule has 1 N–H and O–H groups in total. The molecular formula is C11H12ClN. The predicted molar refractivity (Wildman–Crippen MR) is 57.4 cm³/mol. The second-order valence-corrected chi connectivity index (χ2v) is 4.05. The van der Waals surface area contributed by atoms with E-state index in [2.05, 4.69) is 24.9 Å². The number of hydrogen-bond donors (Lipinski definition) is 1. The van der Waals surface area contributed by atoms with E-state index in [1.54, 1.807) is 0 Å². The Morgan fingerprint density at radius 3 is 2.69 bits per heavy atom. The molecule has 1 nitrogen and oxygen atoms in total. The van der Waals surface area contributed by atoms with E-state index in [-0.39, 0.29) is 0 Å². The Bertz CT molecular complexity index is 429. The average molecular weight is 194 g/mol. The molecule has 0 unspecified atom stereocenters. The summed E-state index contributed by atoms with van der Waals surface area (Å²) in [5.41, 5.74) is 2.38. The number of aromatic amines is 1. The largest absolute Gasteiger partial charge is 0.358 e. The van der Waals surface area contributed by atoms with Crippen LogP contribution in [0.4, 0.5) is 0 Å². The molecule has 0 spiro atoms. The van der Waals surface area contributed by atoms with E-state index < -0.39 is 0 Å².